The van der Waals surface area contributed by atoms with Crippen molar-refractivity contribution in [1.82, 2.24) is 14.1 Å². The van der Waals surface area contributed by atoms with Crippen LogP contribution in [-0.2, 0) is 27.8 Å². The van der Waals surface area contributed by atoms with Crippen LogP contribution >= 0.6 is 0 Å². The predicted molar refractivity (Wildman–Crippen MR) is 131 cm³/mol. The van der Waals surface area contributed by atoms with Crippen molar-refractivity contribution < 1.29 is 27.8 Å². The van der Waals surface area contributed by atoms with Crippen molar-refractivity contribution in [1.29, 1.82) is 0 Å². The Morgan fingerprint density at radius 3 is 2.44 bits per heavy atom. The maximum Gasteiger partial charge on any atom is 0.256 e. The molecular weight excluding hydrogens is 482 g/mol. The zero-order valence-electron chi connectivity index (χ0n) is 20.1. The van der Waals surface area contributed by atoms with E-state index >= 15 is 0 Å². The third-order valence-corrected chi connectivity index (χ3v) is 9.27. The van der Waals surface area contributed by atoms with Crippen LogP contribution in [0.3, 0.4) is 0 Å². The van der Waals surface area contributed by atoms with Gasteiger partial charge in [-0.1, -0.05) is 18.2 Å². The van der Waals surface area contributed by atoms with Gasteiger partial charge in [0, 0.05) is 45.3 Å². The third kappa shape index (κ3) is 3.98. The van der Waals surface area contributed by atoms with E-state index in [0.717, 1.165) is 41.8 Å². The number of aliphatic hydroxyl groups is 1. The highest BCUT2D eigenvalue weighted by Crippen LogP contribution is 2.36. The van der Waals surface area contributed by atoms with Gasteiger partial charge in [-0.05, 0) is 53.4 Å². The molecule has 0 saturated heterocycles. The number of aliphatic hydroxyl groups excluding tert-OH is 1. The SMILES string of the molecule is CN1CCc2c(cccc2[C@@H](O)C(=O)N2CC3=C(C2)CN(S(=O)(=O)c2ccc4c(c2)OCCO4)C3)C1. The van der Waals surface area contributed by atoms with Crippen LogP contribution in [0.2, 0.25) is 0 Å². The summed E-state index contributed by atoms with van der Waals surface area (Å²) in [6.45, 7) is 3.64. The molecule has 2 aromatic rings. The van der Waals surface area contributed by atoms with E-state index in [1.165, 1.54) is 16.4 Å². The minimum atomic E-state index is -3.73. The van der Waals surface area contributed by atoms with Crippen LogP contribution in [0, 0.1) is 0 Å². The molecule has 0 radical (unpaired) electrons. The zero-order chi connectivity index (χ0) is 25.0. The van der Waals surface area contributed by atoms with Gasteiger partial charge in [0.1, 0.15) is 13.2 Å². The number of carbonyl (C=O) groups is 1. The number of hydrogen-bond acceptors (Lipinski definition) is 7. The predicted octanol–water partition coefficient (Wildman–Crippen LogP) is 1.32. The highest BCUT2D eigenvalue weighted by Gasteiger charge is 2.39. The zero-order valence-corrected chi connectivity index (χ0v) is 21.0. The smallest absolute Gasteiger partial charge is 0.256 e. The first-order valence-corrected chi connectivity index (χ1v) is 13.6. The Morgan fingerprint density at radius 1 is 0.972 bits per heavy atom. The average molecular weight is 512 g/mol. The molecule has 6 rings (SSSR count). The summed E-state index contributed by atoms with van der Waals surface area (Å²) >= 11 is 0. The van der Waals surface area contributed by atoms with Crippen LogP contribution in [0.1, 0.15) is 22.8 Å². The normalized spacial score (nSPS) is 20.9. The number of carbonyl (C=O) groups excluding carboxylic acids is 1. The molecule has 0 aromatic heterocycles. The molecule has 9 nitrogen and oxygen atoms in total. The van der Waals surface area contributed by atoms with Gasteiger partial charge >= 0.3 is 0 Å². The number of fused-ring (bicyclic) bond motifs is 2. The van der Waals surface area contributed by atoms with E-state index in [-0.39, 0.29) is 23.9 Å². The molecule has 0 saturated carbocycles. The maximum absolute atomic E-state index is 13.3. The first-order chi connectivity index (χ1) is 17.3. The Labute approximate surface area is 210 Å². The van der Waals surface area contributed by atoms with Crippen LogP contribution in [0.15, 0.2) is 52.4 Å². The molecular formula is C26H29N3O6S. The van der Waals surface area contributed by atoms with Crippen LogP contribution in [0.4, 0.5) is 0 Å². The Morgan fingerprint density at radius 2 is 1.69 bits per heavy atom. The van der Waals surface area contributed by atoms with E-state index in [1.807, 2.05) is 18.2 Å². The van der Waals surface area contributed by atoms with Crippen molar-refractivity contribution in [3.8, 4) is 11.5 Å². The highest BCUT2D eigenvalue weighted by molar-refractivity contribution is 7.89. The molecule has 4 heterocycles. The summed E-state index contributed by atoms with van der Waals surface area (Å²) < 4.78 is 39.1. The van der Waals surface area contributed by atoms with Crippen molar-refractivity contribution in [2.75, 3.05) is 53.0 Å². The molecule has 190 valence electrons. The van der Waals surface area contributed by atoms with Gasteiger partial charge in [0.25, 0.3) is 5.91 Å². The first kappa shape index (κ1) is 23.5. The van der Waals surface area contributed by atoms with E-state index in [1.54, 1.807) is 11.0 Å². The second kappa shape index (κ2) is 8.88. The third-order valence-electron chi connectivity index (χ3n) is 7.48. The molecule has 10 heteroatoms. The lowest BCUT2D eigenvalue weighted by Gasteiger charge is -2.29. The summed E-state index contributed by atoms with van der Waals surface area (Å²) in [6.07, 6.45) is -0.422. The fraction of sp³-hybridized carbons (Fsp3) is 0.423. The summed E-state index contributed by atoms with van der Waals surface area (Å²) in [6, 6.07) is 10.5. The number of sulfonamides is 1. The summed E-state index contributed by atoms with van der Waals surface area (Å²) in [5.74, 6) is 0.641. The average Bonchev–Trinajstić information content (AvgIpc) is 3.47. The molecule has 4 aliphatic heterocycles. The Hall–Kier alpha value is -2.92. The van der Waals surface area contributed by atoms with E-state index < -0.39 is 16.1 Å². The van der Waals surface area contributed by atoms with Gasteiger partial charge in [0.2, 0.25) is 10.0 Å². The van der Waals surface area contributed by atoms with Gasteiger partial charge in [0.15, 0.2) is 17.6 Å². The molecule has 0 bridgehead atoms. The molecule has 36 heavy (non-hydrogen) atoms. The lowest BCUT2D eigenvalue weighted by atomic mass is 9.91. The molecule has 1 N–H and O–H groups in total. The molecule has 4 aliphatic rings. The van der Waals surface area contributed by atoms with Gasteiger partial charge < -0.3 is 24.4 Å². The maximum atomic E-state index is 13.3. The van der Waals surface area contributed by atoms with Crippen LogP contribution < -0.4 is 9.47 Å². The van der Waals surface area contributed by atoms with Gasteiger partial charge in [-0.15, -0.1) is 0 Å². The van der Waals surface area contributed by atoms with E-state index in [2.05, 4.69) is 11.9 Å². The minimum absolute atomic E-state index is 0.163. The fourth-order valence-electron chi connectivity index (χ4n) is 5.55. The number of rotatable bonds is 4. The highest BCUT2D eigenvalue weighted by atomic mass is 32.2. The molecule has 1 atom stereocenters. The van der Waals surface area contributed by atoms with E-state index in [9.17, 15) is 18.3 Å². The second-order valence-corrected chi connectivity index (χ2v) is 11.8. The second-order valence-electron chi connectivity index (χ2n) is 9.86. The minimum Gasteiger partial charge on any atom is -0.486 e. The van der Waals surface area contributed by atoms with Gasteiger partial charge in [0.05, 0.1) is 4.90 Å². The summed E-state index contributed by atoms with van der Waals surface area (Å²) in [5.41, 5.74) is 4.74. The van der Waals surface area contributed by atoms with Crippen LogP contribution in [-0.4, -0.2) is 86.5 Å². The van der Waals surface area contributed by atoms with Crippen molar-refractivity contribution in [3.05, 3.63) is 64.2 Å². The van der Waals surface area contributed by atoms with E-state index in [0.29, 0.717) is 43.4 Å². The first-order valence-electron chi connectivity index (χ1n) is 12.2. The molecule has 2 aromatic carbocycles. The number of benzene rings is 2. The Kier molecular flexibility index (Phi) is 5.79. The van der Waals surface area contributed by atoms with Gasteiger partial charge in [-0.3, -0.25) is 4.79 Å². The summed E-state index contributed by atoms with van der Waals surface area (Å²) in [5, 5.41) is 11.0. The van der Waals surface area contributed by atoms with Gasteiger partial charge in [-0.2, -0.15) is 4.31 Å². The number of likely N-dealkylation sites (N-methyl/N-ethyl adjacent to an activating group) is 1. The van der Waals surface area contributed by atoms with Crippen molar-refractivity contribution in [2.24, 2.45) is 0 Å². The largest absolute Gasteiger partial charge is 0.486 e. The van der Waals surface area contributed by atoms with Crippen LogP contribution in [0.5, 0.6) is 11.5 Å². The number of nitrogens with zero attached hydrogens (tertiary/aromatic N) is 3. The summed E-state index contributed by atoms with van der Waals surface area (Å²) in [4.78, 5) is 17.3. The quantitative estimate of drug-likeness (QED) is 0.618. The Bertz CT molecular complexity index is 1350. The monoisotopic (exact) mass is 511 g/mol. The standard InChI is InChI=1S/C26H29N3O6S/c1-27-8-7-21-17(12-27)3-2-4-22(21)25(30)26(31)28-13-18-15-29(16-19(18)14-28)36(32,33)20-5-6-23-24(11-20)35-10-9-34-23/h2-6,11,25,30H,7-10,12-16H2,1H3/t25-/m1/s1. The van der Waals surface area contributed by atoms with Crippen LogP contribution in [0.25, 0.3) is 0 Å². The molecule has 1 amide bonds. The summed E-state index contributed by atoms with van der Waals surface area (Å²) in [7, 11) is -1.67. The van der Waals surface area contributed by atoms with Crippen molar-refractivity contribution in [2.45, 2.75) is 24.0 Å². The number of ether oxygens (including phenoxy) is 2. The molecule has 0 spiro atoms. The lowest BCUT2D eigenvalue weighted by molar-refractivity contribution is -0.139. The molecule has 0 aliphatic carbocycles. The number of hydrogen-bond donors (Lipinski definition) is 1. The Balaban J connectivity index is 1.13. The lowest BCUT2D eigenvalue weighted by Crippen LogP contribution is -2.39. The van der Waals surface area contributed by atoms with Crippen molar-refractivity contribution >= 4 is 15.9 Å². The van der Waals surface area contributed by atoms with Crippen molar-refractivity contribution in [3.63, 3.8) is 0 Å². The number of amides is 1. The molecule has 0 fully saturated rings. The fourth-order valence-corrected chi connectivity index (χ4v) is 6.99. The van der Waals surface area contributed by atoms with E-state index in [4.69, 9.17) is 9.47 Å². The molecule has 0 unspecified atom stereocenters. The van der Waals surface area contributed by atoms with Gasteiger partial charge in [-0.25, -0.2) is 8.42 Å². The topological polar surface area (TPSA) is 99.6 Å².